The van der Waals surface area contributed by atoms with E-state index in [1.807, 2.05) is 18.2 Å². The number of carbonyl (C=O) groups is 1. The summed E-state index contributed by atoms with van der Waals surface area (Å²) in [5, 5.41) is 0. The number of hydrogen-bond acceptors (Lipinski definition) is 1. The average molecular weight is 286 g/mol. The highest BCUT2D eigenvalue weighted by molar-refractivity contribution is 9.10. The van der Waals surface area contributed by atoms with Crippen molar-refractivity contribution in [2.45, 2.75) is 26.4 Å². The van der Waals surface area contributed by atoms with Crippen LogP contribution in [0.3, 0.4) is 0 Å². The largest absolute Gasteiger partial charge is 0.365 e. The van der Waals surface area contributed by atoms with Gasteiger partial charge in [0.2, 0.25) is 0 Å². The zero-order chi connectivity index (χ0) is 12.1. The third-order valence-electron chi connectivity index (χ3n) is 2.59. The number of hydrogen-bond donors (Lipinski definition) is 2. The van der Waals surface area contributed by atoms with Crippen molar-refractivity contribution in [1.29, 1.82) is 0 Å². The van der Waals surface area contributed by atoms with E-state index in [1.54, 1.807) is 0 Å². The number of amides is 1. The van der Waals surface area contributed by atoms with Crippen molar-refractivity contribution in [2.24, 2.45) is 5.73 Å². The van der Waals surface area contributed by atoms with Gasteiger partial charge in [-0.15, -0.1) is 0 Å². The highest BCUT2D eigenvalue weighted by Crippen LogP contribution is 2.14. The summed E-state index contributed by atoms with van der Waals surface area (Å²) in [6.45, 7) is 5.37. The molecule has 0 aliphatic rings. The number of benzene rings is 1. The molecule has 0 saturated heterocycles. The Morgan fingerprint density at radius 1 is 1.44 bits per heavy atom. The molecule has 0 saturated carbocycles. The second-order valence-electron chi connectivity index (χ2n) is 4.22. The topological polar surface area (TPSA) is 47.5 Å². The zero-order valence-corrected chi connectivity index (χ0v) is 11.3. The molecule has 1 aromatic carbocycles. The first-order valence-corrected chi connectivity index (χ1v) is 6.16. The normalized spacial score (nSPS) is 12.8. The molecule has 0 aromatic heterocycles. The second-order valence-corrected chi connectivity index (χ2v) is 5.08. The fraction of sp³-hybridized carbons (Fsp3) is 0.417. The number of carbonyl (C=O) groups excluding carboxylic acids is 1. The van der Waals surface area contributed by atoms with Crippen molar-refractivity contribution in [3.63, 3.8) is 0 Å². The molecule has 0 aliphatic heterocycles. The predicted molar refractivity (Wildman–Crippen MR) is 68.0 cm³/mol. The molecule has 1 amide bonds. The number of halogens is 1. The Hall–Kier alpha value is -0.870. The van der Waals surface area contributed by atoms with Crippen LogP contribution >= 0.6 is 15.9 Å². The fourth-order valence-corrected chi connectivity index (χ4v) is 2.01. The van der Waals surface area contributed by atoms with E-state index >= 15 is 0 Å². The molecule has 88 valence electrons. The number of rotatable bonds is 5. The lowest BCUT2D eigenvalue weighted by Crippen LogP contribution is -3.14. The van der Waals surface area contributed by atoms with Crippen LogP contribution in [-0.4, -0.2) is 18.5 Å². The molecule has 0 fully saturated rings. The van der Waals surface area contributed by atoms with Gasteiger partial charge >= 0.3 is 0 Å². The molecule has 0 heterocycles. The maximum absolute atomic E-state index is 11.0. The Morgan fingerprint density at radius 3 is 2.56 bits per heavy atom. The van der Waals surface area contributed by atoms with Crippen LogP contribution in [0.1, 0.15) is 19.4 Å². The first kappa shape index (κ1) is 13.2. The number of primary amides is 1. The smallest absolute Gasteiger partial charge is 0.272 e. The number of nitrogens with two attached hydrogens (primary N) is 1. The van der Waals surface area contributed by atoms with Crippen LogP contribution in [0.25, 0.3) is 0 Å². The van der Waals surface area contributed by atoms with Gasteiger partial charge in [-0.05, 0) is 19.9 Å². The van der Waals surface area contributed by atoms with Gasteiger partial charge in [-0.2, -0.15) is 0 Å². The van der Waals surface area contributed by atoms with Crippen molar-refractivity contribution >= 4 is 21.8 Å². The van der Waals surface area contributed by atoms with Gasteiger partial charge in [0.05, 0.1) is 6.04 Å². The summed E-state index contributed by atoms with van der Waals surface area (Å²) >= 11 is 3.51. The summed E-state index contributed by atoms with van der Waals surface area (Å²) in [4.78, 5) is 12.2. The van der Waals surface area contributed by atoms with Crippen molar-refractivity contribution in [3.8, 4) is 0 Å². The van der Waals surface area contributed by atoms with Crippen molar-refractivity contribution < 1.29 is 9.69 Å². The van der Waals surface area contributed by atoms with Gasteiger partial charge in [-0.3, -0.25) is 4.79 Å². The lowest BCUT2D eigenvalue weighted by Gasteiger charge is -2.22. The Bertz CT molecular complexity index is 366. The van der Waals surface area contributed by atoms with Crippen molar-refractivity contribution in [1.82, 2.24) is 0 Å². The van der Waals surface area contributed by atoms with Crippen LogP contribution in [0, 0.1) is 0 Å². The maximum Gasteiger partial charge on any atom is 0.272 e. The zero-order valence-electron chi connectivity index (χ0n) is 9.66. The quantitative estimate of drug-likeness (QED) is 0.823. The minimum atomic E-state index is -0.254. The van der Waals surface area contributed by atoms with E-state index in [0.717, 1.165) is 11.0 Å². The minimum Gasteiger partial charge on any atom is -0.365 e. The van der Waals surface area contributed by atoms with Gasteiger partial charge in [0.15, 0.2) is 6.54 Å². The molecule has 4 heteroatoms. The van der Waals surface area contributed by atoms with Gasteiger partial charge < -0.3 is 10.6 Å². The number of quaternary nitrogens is 1. The van der Waals surface area contributed by atoms with Gasteiger partial charge in [-0.25, -0.2) is 0 Å². The molecule has 16 heavy (non-hydrogen) atoms. The van der Waals surface area contributed by atoms with Crippen LogP contribution in [0.15, 0.2) is 28.7 Å². The molecule has 1 unspecified atom stereocenters. The second kappa shape index (κ2) is 6.01. The Morgan fingerprint density at radius 2 is 2.06 bits per heavy atom. The van der Waals surface area contributed by atoms with E-state index in [2.05, 4.69) is 35.8 Å². The summed E-state index contributed by atoms with van der Waals surface area (Å²) < 4.78 is 1.08. The van der Waals surface area contributed by atoms with Crippen LogP contribution in [0.4, 0.5) is 0 Å². The highest BCUT2D eigenvalue weighted by atomic mass is 79.9. The van der Waals surface area contributed by atoms with Gasteiger partial charge in [-0.1, -0.05) is 34.1 Å². The van der Waals surface area contributed by atoms with E-state index in [-0.39, 0.29) is 5.91 Å². The van der Waals surface area contributed by atoms with Crippen molar-refractivity contribution in [2.75, 3.05) is 6.54 Å². The van der Waals surface area contributed by atoms with E-state index in [9.17, 15) is 4.79 Å². The molecular formula is C12H18BrN2O+. The molecule has 1 aromatic rings. The molecule has 0 bridgehead atoms. The maximum atomic E-state index is 11.0. The summed E-state index contributed by atoms with van der Waals surface area (Å²) in [6.07, 6.45) is 0. The minimum absolute atomic E-state index is 0.254. The fourth-order valence-electron chi connectivity index (χ4n) is 1.58. The van der Waals surface area contributed by atoms with Crippen LogP contribution in [-0.2, 0) is 11.3 Å². The third kappa shape index (κ3) is 3.94. The Labute approximate surface area is 105 Å². The SMILES string of the molecule is CC(C)[NH+](CC(N)=O)Cc1ccccc1Br. The molecule has 1 atom stereocenters. The van der Waals surface area contributed by atoms with E-state index in [0.29, 0.717) is 12.6 Å². The summed E-state index contributed by atoms with van der Waals surface area (Å²) in [5.41, 5.74) is 6.45. The molecule has 3 N–H and O–H groups in total. The van der Waals surface area contributed by atoms with Gasteiger partial charge in [0, 0.05) is 10.0 Å². The average Bonchev–Trinajstić information content (AvgIpc) is 2.19. The Balaban J connectivity index is 2.76. The summed E-state index contributed by atoms with van der Waals surface area (Å²) in [6, 6.07) is 8.43. The van der Waals surface area contributed by atoms with Crippen LogP contribution < -0.4 is 10.6 Å². The Kier molecular flexibility index (Phi) is 4.96. The number of nitrogens with one attached hydrogen (secondary N) is 1. The van der Waals surface area contributed by atoms with E-state index < -0.39 is 0 Å². The molecule has 0 radical (unpaired) electrons. The summed E-state index contributed by atoms with van der Waals surface area (Å²) in [7, 11) is 0. The van der Waals surface area contributed by atoms with Gasteiger partial charge in [0.25, 0.3) is 5.91 Å². The lowest BCUT2D eigenvalue weighted by atomic mass is 10.2. The standard InChI is InChI=1S/C12H17BrN2O/c1-9(2)15(8-12(14)16)7-10-5-3-4-6-11(10)13/h3-6,9H,7-8H2,1-2H3,(H2,14,16)/p+1. The van der Waals surface area contributed by atoms with Crippen LogP contribution in [0.2, 0.25) is 0 Å². The first-order valence-electron chi connectivity index (χ1n) is 5.37. The van der Waals surface area contributed by atoms with E-state index in [4.69, 9.17) is 5.73 Å². The molecule has 0 aliphatic carbocycles. The highest BCUT2D eigenvalue weighted by Gasteiger charge is 2.17. The third-order valence-corrected chi connectivity index (χ3v) is 3.37. The molecule has 0 spiro atoms. The lowest BCUT2D eigenvalue weighted by molar-refractivity contribution is -0.927. The van der Waals surface area contributed by atoms with Crippen LogP contribution in [0.5, 0.6) is 0 Å². The molecule has 1 rings (SSSR count). The predicted octanol–water partition coefficient (Wildman–Crippen LogP) is 0.728. The van der Waals surface area contributed by atoms with E-state index in [1.165, 1.54) is 10.5 Å². The van der Waals surface area contributed by atoms with Gasteiger partial charge in [0.1, 0.15) is 6.54 Å². The van der Waals surface area contributed by atoms with Crippen molar-refractivity contribution in [3.05, 3.63) is 34.3 Å². The first-order chi connectivity index (χ1) is 7.50. The molecule has 3 nitrogen and oxygen atoms in total. The summed E-state index contributed by atoms with van der Waals surface area (Å²) in [5.74, 6) is -0.254. The monoisotopic (exact) mass is 285 g/mol. The molecular weight excluding hydrogens is 268 g/mol.